The Morgan fingerprint density at radius 2 is 2.04 bits per heavy atom. The van der Waals surface area contributed by atoms with Gasteiger partial charge in [0.2, 0.25) is 5.88 Å². The van der Waals surface area contributed by atoms with Crippen molar-refractivity contribution in [3.8, 4) is 17.1 Å². The first-order chi connectivity index (χ1) is 11.8. The largest absolute Gasteiger partial charge is 0.481 e. The predicted molar refractivity (Wildman–Crippen MR) is 92.2 cm³/mol. The van der Waals surface area contributed by atoms with Crippen LogP contribution in [0.4, 0.5) is 5.69 Å². The number of anilines is 1. The van der Waals surface area contributed by atoms with Gasteiger partial charge in [-0.25, -0.2) is 4.98 Å². The van der Waals surface area contributed by atoms with E-state index in [0.717, 1.165) is 37.3 Å². The lowest BCUT2D eigenvalue weighted by molar-refractivity contribution is 0.398. The average molecular weight is 321 g/mol. The van der Waals surface area contributed by atoms with Gasteiger partial charge in [0.15, 0.2) is 0 Å². The highest BCUT2D eigenvalue weighted by Crippen LogP contribution is 2.27. The second-order valence-electron chi connectivity index (χ2n) is 5.82. The third kappa shape index (κ3) is 2.82. The minimum Gasteiger partial charge on any atom is -0.481 e. The van der Waals surface area contributed by atoms with Crippen molar-refractivity contribution < 1.29 is 4.74 Å². The van der Waals surface area contributed by atoms with Crippen molar-refractivity contribution >= 4 is 5.69 Å². The summed E-state index contributed by atoms with van der Waals surface area (Å²) in [6, 6.07) is 12.4. The highest BCUT2D eigenvalue weighted by Gasteiger charge is 2.17. The van der Waals surface area contributed by atoms with Crippen LogP contribution in [0.3, 0.4) is 0 Å². The van der Waals surface area contributed by atoms with Gasteiger partial charge in [0.05, 0.1) is 19.9 Å². The van der Waals surface area contributed by atoms with Crippen molar-refractivity contribution in [1.82, 2.24) is 20.0 Å². The monoisotopic (exact) mass is 321 g/mol. The van der Waals surface area contributed by atoms with Crippen LogP contribution in [0.1, 0.15) is 5.56 Å². The minimum atomic E-state index is 0.596. The Kier molecular flexibility index (Phi) is 3.86. The topological polar surface area (TPSA) is 56.1 Å². The van der Waals surface area contributed by atoms with E-state index in [1.807, 2.05) is 23.0 Å². The summed E-state index contributed by atoms with van der Waals surface area (Å²) in [5.41, 5.74) is 4.54. The number of aromatic nitrogens is 4. The molecule has 0 saturated carbocycles. The average Bonchev–Trinajstić information content (AvgIpc) is 3.27. The Morgan fingerprint density at radius 1 is 1.12 bits per heavy atom. The summed E-state index contributed by atoms with van der Waals surface area (Å²) in [6.45, 7) is 2.81. The number of fused-ring (bicyclic) bond motifs is 1. The molecule has 0 amide bonds. The van der Waals surface area contributed by atoms with Crippen LogP contribution in [0.2, 0.25) is 0 Å². The molecule has 0 N–H and O–H groups in total. The normalized spacial score (nSPS) is 13.1. The highest BCUT2D eigenvalue weighted by molar-refractivity contribution is 5.58. The number of para-hydroxylation sites is 1. The van der Waals surface area contributed by atoms with Gasteiger partial charge >= 0.3 is 0 Å². The molecule has 1 aliphatic heterocycles. The smallest absolute Gasteiger partial charge is 0.212 e. The van der Waals surface area contributed by atoms with Crippen molar-refractivity contribution in [3.05, 3.63) is 54.4 Å². The molecule has 0 atom stereocenters. The number of nitrogens with zero attached hydrogens (tertiary/aromatic N) is 5. The molecule has 3 aromatic rings. The molecule has 0 unspecified atom stereocenters. The highest BCUT2D eigenvalue weighted by atomic mass is 16.5. The first-order valence-corrected chi connectivity index (χ1v) is 8.07. The van der Waals surface area contributed by atoms with Gasteiger partial charge in [0, 0.05) is 36.6 Å². The third-order valence-electron chi connectivity index (χ3n) is 4.36. The first-order valence-electron chi connectivity index (χ1n) is 8.07. The number of methoxy groups -OCH3 is 1. The first kappa shape index (κ1) is 14.7. The van der Waals surface area contributed by atoms with E-state index in [1.54, 1.807) is 13.3 Å². The second-order valence-corrected chi connectivity index (χ2v) is 5.82. The summed E-state index contributed by atoms with van der Waals surface area (Å²) in [5, 5.41) is 8.48. The minimum absolute atomic E-state index is 0.596. The van der Waals surface area contributed by atoms with Gasteiger partial charge in [-0.05, 0) is 24.1 Å². The molecule has 4 rings (SSSR count). The summed E-state index contributed by atoms with van der Waals surface area (Å²) in [5.74, 6) is 0.596. The molecule has 122 valence electrons. The lowest BCUT2D eigenvalue weighted by atomic mass is 10.2. The lowest BCUT2D eigenvalue weighted by Gasteiger charge is -2.18. The van der Waals surface area contributed by atoms with Crippen LogP contribution in [-0.4, -0.2) is 40.2 Å². The van der Waals surface area contributed by atoms with Crippen LogP contribution in [0.15, 0.2) is 48.8 Å². The number of ether oxygens (including phenoxy) is 1. The third-order valence-corrected chi connectivity index (χ3v) is 4.36. The Bertz CT molecular complexity index is 827. The molecular weight excluding hydrogens is 302 g/mol. The number of hydrogen-bond donors (Lipinski definition) is 0. The molecule has 1 aliphatic rings. The van der Waals surface area contributed by atoms with E-state index in [1.165, 1.54) is 11.3 Å². The van der Waals surface area contributed by atoms with Gasteiger partial charge in [0.1, 0.15) is 5.69 Å². The maximum Gasteiger partial charge on any atom is 0.212 e. The van der Waals surface area contributed by atoms with Crippen LogP contribution in [0.5, 0.6) is 5.88 Å². The maximum absolute atomic E-state index is 5.08. The summed E-state index contributed by atoms with van der Waals surface area (Å²) in [4.78, 5) is 6.62. The van der Waals surface area contributed by atoms with E-state index in [-0.39, 0.29) is 0 Å². The quantitative estimate of drug-likeness (QED) is 0.722. The van der Waals surface area contributed by atoms with Crippen molar-refractivity contribution in [3.63, 3.8) is 0 Å². The van der Waals surface area contributed by atoms with Gasteiger partial charge in [-0.1, -0.05) is 23.4 Å². The number of rotatable bonds is 5. The van der Waals surface area contributed by atoms with E-state index in [2.05, 4.69) is 44.5 Å². The molecule has 1 aromatic carbocycles. The van der Waals surface area contributed by atoms with Crippen molar-refractivity contribution in [1.29, 1.82) is 0 Å². The zero-order valence-electron chi connectivity index (χ0n) is 13.6. The number of hydrogen-bond acceptors (Lipinski definition) is 5. The van der Waals surface area contributed by atoms with E-state index >= 15 is 0 Å². The van der Waals surface area contributed by atoms with Gasteiger partial charge in [-0.2, -0.15) is 0 Å². The van der Waals surface area contributed by atoms with Crippen LogP contribution in [-0.2, 0) is 13.0 Å². The van der Waals surface area contributed by atoms with Crippen LogP contribution in [0, 0.1) is 0 Å². The second kappa shape index (κ2) is 6.31. The zero-order valence-corrected chi connectivity index (χ0v) is 13.6. The molecule has 0 spiro atoms. The van der Waals surface area contributed by atoms with Gasteiger partial charge < -0.3 is 9.64 Å². The Morgan fingerprint density at radius 3 is 2.88 bits per heavy atom. The summed E-state index contributed by atoms with van der Waals surface area (Å²) >= 11 is 0. The predicted octanol–water partition coefficient (Wildman–Crippen LogP) is 2.41. The van der Waals surface area contributed by atoms with E-state index in [9.17, 15) is 0 Å². The van der Waals surface area contributed by atoms with Gasteiger partial charge in [0.25, 0.3) is 0 Å². The van der Waals surface area contributed by atoms with Crippen LogP contribution >= 0.6 is 0 Å². The maximum atomic E-state index is 5.08. The standard InChI is InChI=1S/C18H19N5O/c1-24-18-7-6-15(12-19-18)16-13-23(21-20-16)11-10-22-9-8-14-4-2-3-5-17(14)22/h2-7,12-13H,8-11H2,1H3. The van der Waals surface area contributed by atoms with E-state index in [0.29, 0.717) is 5.88 Å². The fourth-order valence-corrected chi connectivity index (χ4v) is 3.05. The molecule has 0 bridgehead atoms. The Hall–Kier alpha value is -2.89. The molecule has 2 aromatic heterocycles. The molecule has 3 heterocycles. The van der Waals surface area contributed by atoms with Crippen LogP contribution in [0.25, 0.3) is 11.3 Å². The molecule has 6 nitrogen and oxygen atoms in total. The number of pyridine rings is 1. The van der Waals surface area contributed by atoms with Crippen molar-refractivity contribution in [2.75, 3.05) is 25.1 Å². The van der Waals surface area contributed by atoms with E-state index < -0.39 is 0 Å². The Labute approximate surface area is 140 Å². The molecule has 24 heavy (non-hydrogen) atoms. The van der Waals surface area contributed by atoms with Crippen molar-refractivity contribution in [2.45, 2.75) is 13.0 Å². The molecular formula is C18H19N5O. The van der Waals surface area contributed by atoms with E-state index in [4.69, 9.17) is 4.74 Å². The fourth-order valence-electron chi connectivity index (χ4n) is 3.05. The van der Waals surface area contributed by atoms with Gasteiger partial charge in [-0.3, -0.25) is 4.68 Å². The lowest BCUT2D eigenvalue weighted by Crippen LogP contribution is -2.25. The number of benzene rings is 1. The molecule has 0 saturated heterocycles. The zero-order chi connectivity index (χ0) is 16.4. The molecule has 0 aliphatic carbocycles. The summed E-state index contributed by atoms with van der Waals surface area (Å²) in [6.07, 6.45) is 4.84. The van der Waals surface area contributed by atoms with Gasteiger partial charge in [-0.15, -0.1) is 5.10 Å². The van der Waals surface area contributed by atoms with Crippen molar-refractivity contribution in [2.24, 2.45) is 0 Å². The molecule has 6 heteroatoms. The summed E-state index contributed by atoms with van der Waals surface area (Å²) in [7, 11) is 1.61. The SMILES string of the molecule is COc1ccc(-c2cn(CCN3CCc4ccccc43)nn2)cn1. The summed E-state index contributed by atoms with van der Waals surface area (Å²) < 4.78 is 6.97. The van der Waals surface area contributed by atoms with Crippen LogP contribution < -0.4 is 9.64 Å². The fraction of sp³-hybridized carbons (Fsp3) is 0.278. The molecule has 0 radical (unpaired) electrons. The Balaban J connectivity index is 1.42. The molecule has 0 fully saturated rings.